The molecule has 1 unspecified atom stereocenters. The summed E-state index contributed by atoms with van der Waals surface area (Å²) in [7, 11) is -3.03. The zero-order chi connectivity index (χ0) is 24.5. The number of carbonyl (C=O) groups is 1. The van der Waals surface area contributed by atoms with Gasteiger partial charge in [0.05, 0.1) is 9.92 Å². The number of halogens is 3. The Morgan fingerprint density at radius 1 is 1.18 bits per heavy atom. The largest absolute Gasteiger partial charge is 0.479 e. The first-order chi connectivity index (χ1) is 15.4. The number of sulfonamides is 1. The lowest BCUT2D eigenvalue weighted by Gasteiger charge is -2.17. The molecular weight excluding hydrogens is 502 g/mol. The van der Waals surface area contributed by atoms with Gasteiger partial charge >= 0.3 is 5.69 Å². The van der Waals surface area contributed by atoms with E-state index in [0.29, 0.717) is 14.3 Å². The monoisotopic (exact) mass is 516 g/mol. The van der Waals surface area contributed by atoms with Gasteiger partial charge in [-0.1, -0.05) is 23.2 Å². The van der Waals surface area contributed by atoms with Gasteiger partial charge in [0, 0.05) is 18.1 Å². The molecule has 1 heterocycles. The van der Waals surface area contributed by atoms with Gasteiger partial charge in [-0.15, -0.1) is 0 Å². The Morgan fingerprint density at radius 2 is 1.82 bits per heavy atom. The van der Waals surface area contributed by atoms with Gasteiger partial charge in [-0.3, -0.25) is 14.2 Å². The van der Waals surface area contributed by atoms with Crippen molar-refractivity contribution in [3.63, 3.8) is 0 Å². The van der Waals surface area contributed by atoms with Crippen molar-refractivity contribution in [1.82, 2.24) is 19.1 Å². The number of amides is 1. The van der Waals surface area contributed by atoms with Gasteiger partial charge in [0.2, 0.25) is 0 Å². The molecule has 174 valence electrons. The number of benzene rings is 2. The predicted molar refractivity (Wildman–Crippen MR) is 117 cm³/mol. The number of hydrogen-bond acceptors (Lipinski definition) is 7. The van der Waals surface area contributed by atoms with E-state index < -0.39 is 44.8 Å². The van der Waals surface area contributed by atoms with Gasteiger partial charge in [0.1, 0.15) is 17.6 Å². The van der Waals surface area contributed by atoms with Crippen LogP contribution in [-0.2, 0) is 21.9 Å². The van der Waals surface area contributed by atoms with Crippen molar-refractivity contribution in [3.8, 4) is 11.4 Å². The molecule has 1 N–H and O–H groups in total. The molecule has 10 nitrogen and oxygen atoms in total. The fraction of sp³-hybridized carbons (Fsp3) is 0.158. The fourth-order valence-electron chi connectivity index (χ4n) is 2.55. The zero-order valence-electron chi connectivity index (χ0n) is 17.0. The maximum absolute atomic E-state index is 14.5. The standard InChI is InChI=1S/C19H15Cl2FN4O6S/c1-10(18(28)24-33(30,31)12-5-3-11(20)4-6-12)32-16-8-15(14(22)7-13(16)21)26-19(29)25(2)17(27)9-23-26/h3-10H,1-2H3,(H,24,28). The van der Waals surface area contributed by atoms with Gasteiger partial charge in [0.25, 0.3) is 21.5 Å². The predicted octanol–water partition coefficient (Wildman–Crippen LogP) is 1.65. The second-order valence-electron chi connectivity index (χ2n) is 6.65. The summed E-state index contributed by atoms with van der Waals surface area (Å²) in [5.74, 6) is -2.23. The molecule has 33 heavy (non-hydrogen) atoms. The molecule has 1 aromatic heterocycles. The highest BCUT2D eigenvalue weighted by atomic mass is 35.5. The summed E-state index contributed by atoms with van der Waals surface area (Å²) in [6.45, 7) is 1.24. The lowest BCUT2D eigenvalue weighted by Crippen LogP contribution is -2.40. The number of carbonyl (C=O) groups excluding carboxylic acids is 1. The summed E-state index contributed by atoms with van der Waals surface area (Å²) in [4.78, 5) is 36.0. The molecule has 0 aliphatic rings. The van der Waals surface area contributed by atoms with E-state index in [0.717, 1.165) is 18.3 Å². The molecule has 3 rings (SSSR count). The van der Waals surface area contributed by atoms with Crippen molar-refractivity contribution in [2.45, 2.75) is 17.9 Å². The second kappa shape index (κ2) is 9.33. The molecule has 0 saturated heterocycles. The number of nitrogens with zero attached hydrogens (tertiary/aromatic N) is 3. The Hall–Kier alpha value is -3.22. The smallest absolute Gasteiger partial charge is 0.352 e. The minimum atomic E-state index is -4.21. The van der Waals surface area contributed by atoms with Crippen LogP contribution in [0, 0.1) is 5.82 Å². The Kier molecular flexibility index (Phi) is 6.91. The maximum atomic E-state index is 14.5. The van der Waals surface area contributed by atoms with Crippen LogP contribution in [0.15, 0.2) is 57.1 Å². The third kappa shape index (κ3) is 5.24. The number of hydrogen-bond donors (Lipinski definition) is 1. The van der Waals surface area contributed by atoms with Gasteiger partial charge in [-0.05, 0) is 37.3 Å². The van der Waals surface area contributed by atoms with Crippen molar-refractivity contribution >= 4 is 39.1 Å². The summed E-state index contributed by atoms with van der Waals surface area (Å²) in [5.41, 5.74) is -2.04. The zero-order valence-corrected chi connectivity index (χ0v) is 19.3. The number of ether oxygens (including phenoxy) is 1. The highest BCUT2D eigenvalue weighted by Gasteiger charge is 2.24. The molecule has 0 saturated carbocycles. The Morgan fingerprint density at radius 3 is 2.45 bits per heavy atom. The van der Waals surface area contributed by atoms with Crippen LogP contribution in [0.25, 0.3) is 5.69 Å². The summed E-state index contributed by atoms with van der Waals surface area (Å²) in [5, 5.41) is 3.66. The van der Waals surface area contributed by atoms with Crippen LogP contribution in [0.4, 0.5) is 4.39 Å². The van der Waals surface area contributed by atoms with E-state index >= 15 is 0 Å². The topological polar surface area (TPSA) is 129 Å². The molecule has 1 atom stereocenters. The third-order valence-corrected chi connectivity index (χ3v) is 6.25. The maximum Gasteiger partial charge on any atom is 0.352 e. The molecule has 0 spiro atoms. The van der Waals surface area contributed by atoms with Crippen molar-refractivity contribution in [3.05, 3.63) is 79.3 Å². The summed E-state index contributed by atoms with van der Waals surface area (Å²) >= 11 is 11.7. The molecule has 14 heteroatoms. The first-order valence-corrected chi connectivity index (χ1v) is 11.3. The average Bonchev–Trinajstić information content (AvgIpc) is 2.74. The average molecular weight is 517 g/mol. The summed E-state index contributed by atoms with van der Waals surface area (Å²) in [6.07, 6.45) is -0.582. The molecule has 0 aliphatic carbocycles. The van der Waals surface area contributed by atoms with Gasteiger partial charge in [-0.2, -0.15) is 9.78 Å². The second-order valence-corrected chi connectivity index (χ2v) is 9.18. The van der Waals surface area contributed by atoms with Gasteiger partial charge in [0.15, 0.2) is 11.9 Å². The minimum absolute atomic E-state index is 0.199. The lowest BCUT2D eigenvalue weighted by molar-refractivity contribution is -0.125. The molecule has 2 aromatic carbocycles. The van der Waals surface area contributed by atoms with E-state index in [2.05, 4.69) is 5.10 Å². The number of nitrogens with one attached hydrogen (secondary N) is 1. The van der Waals surface area contributed by atoms with Crippen LogP contribution < -0.4 is 20.7 Å². The molecule has 0 radical (unpaired) electrons. The highest BCUT2D eigenvalue weighted by Crippen LogP contribution is 2.30. The Labute approximate surface area is 196 Å². The molecule has 0 fully saturated rings. The highest BCUT2D eigenvalue weighted by molar-refractivity contribution is 7.90. The van der Waals surface area contributed by atoms with Crippen molar-refractivity contribution in [2.75, 3.05) is 0 Å². The Balaban J connectivity index is 1.87. The van der Waals surface area contributed by atoms with Crippen LogP contribution in [-0.4, -0.2) is 34.8 Å². The molecule has 1 amide bonds. The molecule has 0 aliphatic heterocycles. The van der Waals surface area contributed by atoms with E-state index in [1.54, 1.807) is 0 Å². The van der Waals surface area contributed by atoms with Crippen molar-refractivity contribution in [2.24, 2.45) is 7.05 Å². The van der Waals surface area contributed by atoms with E-state index in [-0.39, 0.29) is 15.7 Å². The van der Waals surface area contributed by atoms with Crippen molar-refractivity contribution < 1.29 is 22.3 Å². The first-order valence-electron chi connectivity index (χ1n) is 9.04. The number of aromatic nitrogens is 3. The molecule has 3 aromatic rings. The van der Waals surface area contributed by atoms with Gasteiger partial charge in [-0.25, -0.2) is 22.3 Å². The molecule has 0 bridgehead atoms. The van der Waals surface area contributed by atoms with Gasteiger partial charge < -0.3 is 4.74 Å². The lowest BCUT2D eigenvalue weighted by atomic mass is 10.2. The first kappa shape index (κ1) is 24.4. The minimum Gasteiger partial charge on any atom is -0.479 e. The van der Waals surface area contributed by atoms with E-state index in [1.807, 2.05) is 4.72 Å². The Bertz CT molecular complexity index is 1450. The molecular formula is C19H15Cl2FN4O6S. The number of rotatable bonds is 6. The quantitative estimate of drug-likeness (QED) is 0.527. The van der Waals surface area contributed by atoms with E-state index in [4.69, 9.17) is 27.9 Å². The van der Waals surface area contributed by atoms with Crippen molar-refractivity contribution in [1.29, 1.82) is 0 Å². The van der Waals surface area contributed by atoms with Crippen LogP contribution in [0.2, 0.25) is 10.0 Å². The summed E-state index contributed by atoms with van der Waals surface area (Å²) < 4.78 is 47.8. The van der Waals surface area contributed by atoms with Crippen LogP contribution in [0.1, 0.15) is 6.92 Å². The summed E-state index contributed by atoms with van der Waals surface area (Å²) in [6, 6.07) is 6.93. The van der Waals surface area contributed by atoms with Crippen LogP contribution in [0.3, 0.4) is 0 Å². The van der Waals surface area contributed by atoms with Crippen LogP contribution >= 0.6 is 23.2 Å². The van der Waals surface area contributed by atoms with E-state index in [1.165, 1.54) is 38.2 Å². The van der Waals surface area contributed by atoms with E-state index in [9.17, 15) is 27.2 Å². The van der Waals surface area contributed by atoms with Crippen LogP contribution in [0.5, 0.6) is 5.75 Å². The fourth-order valence-corrected chi connectivity index (χ4v) is 3.91. The normalized spacial score (nSPS) is 12.3. The third-order valence-electron chi connectivity index (χ3n) is 4.34. The SMILES string of the molecule is CC(Oc1cc(-n2ncc(=O)n(C)c2=O)c(F)cc1Cl)C(=O)NS(=O)(=O)c1ccc(Cl)cc1.